The van der Waals surface area contributed by atoms with Crippen molar-refractivity contribution in [3.63, 3.8) is 0 Å². The van der Waals surface area contributed by atoms with Gasteiger partial charge in [-0.2, -0.15) is 5.26 Å². The van der Waals surface area contributed by atoms with Crippen LogP contribution in [0.15, 0.2) is 23.4 Å². The summed E-state index contributed by atoms with van der Waals surface area (Å²) in [7, 11) is 3.18. The van der Waals surface area contributed by atoms with Gasteiger partial charge in [0.2, 0.25) is 0 Å². The van der Waals surface area contributed by atoms with E-state index < -0.39 is 0 Å². The number of anilines is 1. The van der Waals surface area contributed by atoms with Crippen LogP contribution in [0.4, 0.5) is 5.82 Å². The van der Waals surface area contributed by atoms with Crippen LogP contribution in [0, 0.1) is 11.3 Å². The standard InChI is InChI=1S/C22H31N5O2S/c1-6-27(7-2)13-9-8-12-24-21-17(15-23)20(25-22(26-21)30-5)16-10-11-18(28-3)19(14-16)29-4/h10-11,14H,6-9,12-13H2,1-5H3,(H,24,25,26). The molecule has 0 spiro atoms. The Morgan fingerprint density at radius 1 is 1.10 bits per heavy atom. The SMILES string of the molecule is CCN(CC)CCCCNc1nc(SC)nc(-c2ccc(OC)c(OC)c2)c1C#N. The molecule has 7 nitrogen and oxygen atoms in total. The molecule has 0 unspecified atom stereocenters. The van der Waals surface area contributed by atoms with E-state index in [4.69, 9.17) is 9.47 Å². The number of nitriles is 1. The van der Waals surface area contributed by atoms with Crippen molar-refractivity contribution in [2.75, 3.05) is 52.0 Å². The van der Waals surface area contributed by atoms with Crippen LogP contribution >= 0.6 is 11.8 Å². The lowest BCUT2D eigenvalue weighted by Crippen LogP contribution is -2.24. The number of thioether (sulfide) groups is 1. The Balaban J connectivity index is 2.25. The third-order valence-corrected chi connectivity index (χ3v) is 5.48. The zero-order valence-electron chi connectivity index (χ0n) is 18.5. The quantitative estimate of drug-likeness (QED) is 0.304. The van der Waals surface area contributed by atoms with Gasteiger partial charge >= 0.3 is 0 Å². The second-order valence-electron chi connectivity index (χ2n) is 6.62. The highest BCUT2D eigenvalue weighted by Gasteiger charge is 2.17. The predicted octanol–water partition coefficient (Wildman–Crippen LogP) is 4.29. The first kappa shape index (κ1) is 23.8. The molecule has 0 radical (unpaired) electrons. The van der Waals surface area contributed by atoms with Crippen LogP contribution in [0.2, 0.25) is 0 Å². The Hall–Kier alpha value is -2.50. The lowest BCUT2D eigenvalue weighted by Gasteiger charge is -2.18. The minimum absolute atomic E-state index is 0.434. The summed E-state index contributed by atoms with van der Waals surface area (Å²) in [5.41, 5.74) is 1.80. The monoisotopic (exact) mass is 429 g/mol. The van der Waals surface area contributed by atoms with E-state index >= 15 is 0 Å². The lowest BCUT2D eigenvalue weighted by atomic mass is 10.1. The van der Waals surface area contributed by atoms with E-state index in [1.165, 1.54) is 11.8 Å². The van der Waals surface area contributed by atoms with Crippen LogP contribution in [0.25, 0.3) is 11.3 Å². The molecule has 0 saturated heterocycles. The van der Waals surface area contributed by atoms with Crippen molar-refractivity contribution in [3.05, 3.63) is 23.8 Å². The molecule has 1 aromatic heterocycles. The van der Waals surface area contributed by atoms with E-state index in [1.807, 2.05) is 24.5 Å². The molecule has 1 aromatic carbocycles. The molecule has 0 aliphatic carbocycles. The first-order valence-corrected chi connectivity index (χ1v) is 11.4. The summed E-state index contributed by atoms with van der Waals surface area (Å²) in [5, 5.41) is 13.8. The van der Waals surface area contributed by atoms with Gasteiger partial charge in [-0.15, -0.1) is 0 Å². The van der Waals surface area contributed by atoms with Gasteiger partial charge in [-0.25, -0.2) is 9.97 Å². The molecule has 2 aromatic rings. The maximum atomic E-state index is 9.85. The largest absolute Gasteiger partial charge is 0.493 e. The number of aromatic nitrogens is 2. The minimum atomic E-state index is 0.434. The van der Waals surface area contributed by atoms with Crippen LogP contribution in [-0.2, 0) is 0 Å². The van der Waals surface area contributed by atoms with Crippen molar-refractivity contribution in [2.24, 2.45) is 0 Å². The van der Waals surface area contributed by atoms with E-state index in [1.54, 1.807) is 14.2 Å². The van der Waals surface area contributed by atoms with E-state index in [0.717, 1.165) is 44.6 Å². The van der Waals surface area contributed by atoms with Gasteiger partial charge in [-0.3, -0.25) is 0 Å². The van der Waals surface area contributed by atoms with Gasteiger partial charge in [0.05, 0.1) is 19.9 Å². The number of ether oxygens (including phenoxy) is 2. The van der Waals surface area contributed by atoms with Crippen LogP contribution in [0.3, 0.4) is 0 Å². The first-order chi connectivity index (χ1) is 14.6. The number of nitrogens with zero attached hydrogens (tertiary/aromatic N) is 4. The van der Waals surface area contributed by atoms with Gasteiger partial charge in [0.15, 0.2) is 16.7 Å². The highest BCUT2D eigenvalue weighted by atomic mass is 32.2. The molecule has 0 fully saturated rings. The van der Waals surface area contributed by atoms with Crippen LogP contribution in [0.1, 0.15) is 32.3 Å². The number of rotatable bonds is 12. The smallest absolute Gasteiger partial charge is 0.189 e. The number of unbranched alkanes of at least 4 members (excludes halogenated alkanes) is 1. The third kappa shape index (κ3) is 6.00. The number of hydrogen-bond donors (Lipinski definition) is 1. The fourth-order valence-electron chi connectivity index (χ4n) is 3.16. The number of methoxy groups -OCH3 is 2. The normalized spacial score (nSPS) is 10.7. The molecule has 0 atom stereocenters. The molecule has 0 saturated carbocycles. The summed E-state index contributed by atoms with van der Waals surface area (Å²) >= 11 is 1.45. The first-order valence-electron chi connectivity index (χ1n) is 10.2. The summed E-state index contributed by atoms with van der Waals surface area (Å²) in [4.78, 5) is 11.6. The van der Waals surface area contributed by atoms with E-state index in [9.17, 15) is 5.26 Å². The molecule has 1 heterocycles. The summed E-state index contributed by atoms with van der Waals surface area (Å²) in [5.74, 6) is 1.80. The highest BCUT2D eigenvalue weighted by molar-refractivity contribution is 7.98. The van der Waals surface area contributed by atoms with E-state index in [-0.39, 0.29) is 0 Å². The zero-order chi connectivity index (χ0) is 21.9. The van der Waals surface area contributed by atoms with Crippen molar-refractivity contribution in [2.45, 2.75) is 31.8 Å². The average Bonchev–Trinajstić information content (AvgIpc) is 2.80. The van der Waals surface area contributed by atoms with E-state index in [2.05, 4.69) is 40.1 Å². The van der Waals surface area contributed by atoms with Crippen LogP contribution < -0.4 is 14.8 Å². The van der Waals surface area contributed by atoms with Gasteiger partial charge in [0.1, 0.15) is 17.5 Å². The molecule has 0 amide bonds. The molecule has 30 heavy (non-hydrogen) atoms. The summed E-state index contributed by atoms with van der Waals surface area (Å²) in [6.07, 6.45) is 4.03. The number of nitrogens with one attached hydrogen (secondary N) is 1. The van der Waals surface area contributed by atoms with Crippen molar-refractivity contribution < 1.29 is 9.47 Å². The predicted molar refractivity (Wildman–Crippen MR) is 123 cm³/mol. The summed E-state index contributed by atoms with van der Waals surface area (Å²) < 4.78 is 10.7. The third-order valence-electron chi connectivity index (χ3n) is 4.93. The Morgan fingerprint density at radius 3 is 2.43 bits per heavy atom. The van der Waals surface area contributed by atoms with Crippen LogP contribution in [-0.4, -0.2) is 61.5 Å². The Morgan fingerprint density at radius 2 is 1.83 bits per heavy atom. The molecular formula is C22H31N5O2S. The van der Waals surface area contributed by atoms with Crippen molar-refractivity contribution in [3.8, 4) is 28.8 Å². The Bertz CT molecular complexity index is 865. The molecule has 2 rings (SSSR count). The molecule has 0 aliphatic rings. The second kappa shape index (κ2) is 12.3. The maximum Gasteiger partial charge on any atom is 0.189 e. The fraction of sp³-hybridized carbons (Fsp3) is 0.500. The maximum absolute atomic E-state index is 9.85. The number of hydrogen-bond acceptors (Lipinski definition) is 8. The molecule has 1 N–H and O–H groups in total. The van der Waals surface area contributed by atoms with Gasteiger partial charge in [-0.05, 0) is 56.9 Å². The van der Waals surface area contributed by atoms with Crippen molar-refractivity contribution in [1.82, 2.24) is 14.9 Å². The molecular weight excluding hydrogens is 398 g/mol. The van der Waals surface area contributed by atoms with Gasteiger partial charge in [0.25, 0.3) is 0 Å². The summed E-state index contributed by atoms with van der Waals surface area (Å²) in [6, 6.07) is 7.81. The van der Waals surface area contributed by atoms with E-state index in [0.29, 0.717) is 33.7 Å². The zero-order valence-corrected chi connectivity index (χ0v) is 19.3. The Labute approximate surface area is 183 Å². The van der Waals surface area contributed by atoms with Gasteiger partial charge in [0, 0.05) is 12.1 Å². The lowest BCUT2D eigenvalue weighted by molar-refractivity contribution is 0.298. The molecule has 162 valence electrons. The molecule has 8 heteroatoms. The Kier molecular flexibility index (Phi) is 9.71. The van der Waals surface area contributed by atoms with Crippen LogP contribution in [0.5, 0.6) is 11.5 Å². The fourth-order valence-corrected chi connectivity index (χ4v) is 3.53. The minimum Gasteiger partial charge on any atom is -0.493 e. The highest BCUT2D eigenvalue weighted by Crippen LogP contribution is 2.34. The summed E-state index contributed by atoms with van der Waals surface area (Å²) in [6.45, 7) is 8.34. The molecule has 0 bridgehead atoms. The van der Waals surface area contributed by atoms with Gasteiger partial charge < -0.3 is 19.7 Å². The number of benzene rings is 1. The second-order valence-corrected chi connectivity index (χ2v) is 7.40. The average molecular weight is 430 g/mol. The molecule has 0 aliphatic heterocycles. The van der Waals surface area contributed by atoms with Crippen molar-refractivity contribution >= 4 is 17.6 Å². The van der Waals surface area contributed by atoms with Crippen molar-refractivity contribution in [1.29, 1.82) is 5.26 Å². The van der Waals surface area contributed by atoms with Gasteiger partial charge in [-0.1, -0.05) is 25.6 Å². The topological polar surface area (TPSA) is 83.3 Å².